The third-order valence-electron chi connectivity index (χ3n) is 21.7. The zero-order valence-electron chi connectivity index (χ0n) is 86.6. The van der Waals surface area contributed by atoms with Crippen LogP contribution in [0.1, 0.15) is 321 Å². The molecular weight excluding hydrogens is 1770 g/mol. The van der Waals surface area contributed by atoms with Crippen molar-refractivity contribution in [3.63, 3.8) is 0 Å². The highest BCUT2D eigenvalue weighted by Gasteiger charge is 2.32. The van der Waals surface area contributed by atoms with Gasteiger partial charge in [-0.05, 0) is 222 Å². The third-order valence-corrected chi connectivity index (χ3v) is 22.0. The molecule has 0 N–H and O–H groups in total. The van der Waals surface area contributed by atoms with E-state index in [9.17, 15) is 26.3 Å². The summed E-state index contributed by atoms with van der Waals surface area (Å²) in [5.41, 5.74) is 14.4. The highest BCUT2D eigenvalue weighted by Crippen LogP contribution is 2.34. The number of nitrogens with zero attached hydrogens (tertiary/aromatic N) is 9. The van der Waals surface area contributed by atoms with Gasteiger partial charge in [-0.2, -0.15) is 31.6 Å². The van der Waals surface area contributed by atoms with Crippen molar-refractivity contribution in [1.82, 2.24) is 39.9 Å². The van der Waals surface area contributed by atoms with Crippen molar-refractivity contribution in [3.8, 4) is 29.1 Å². The van der Waals surface area contributed by atoms with E-state index >= 15 is 0 Å². The molecule has 7 heterocycles. The average Bonchev–Trinajstić information content (AvgIpc) is 0.819. The number of halogens is 7. The Morgan fingerprint density at radius 3 is 1.24 bits per heavy atom. The highest BCUT2D eigenvalue weighted by molar-refractivity contribution is 6.29. The second kappa shape index (κ2) is 62.1. The zero-order valence-corrected chi connectivity index (χ0v) is 87.4. The molecule has 0 amide bonds. The molecule has 139 heavy (non-hydrogen) atoms. The maximum atomic E-state index is 12.2. The molecule has 15 aromatic rings. The molecule has 0 saturated carbocycles. The Bertz CT molecular complexity index is 5830. The Balaban J connectivity index is 0.000000317. The molecule has 0 fully saturated rings. The molecule has 0 spiro atoms. The van der Waals surface area contributed by atoms with Crippen molar-refractivity contribution in [2.75, 3.05) is 28.4 Å². The summed E-state index contributed by atoms with van der Waals surface area (Å²) in [5.74, 6) is 9.21. The van der Waals surface area contributed by atoms with Crippen LogP contribution in [0.15, 0.2) is 305 Å². The van der Waals surface area contributed by atoms with Crippen molar-refractivity contribution >= 4 is 44.0 Å². The van der Waals surface area contributed by atoms with Crippen LogP contribution in [0.25, 0.3) is 32.4 Å². The summed E-state index contributed by atoms with van der Waals surface area (Å²) in [5, 5.41) is 15.4. The molecule has 0 aliphatic carbocycles. The number of pyridine rings is 6. The van der Waals surface area contributed by atoms with Gasteiger partial charge in [-0.25, -0.2) is 15.0 Å². The first-order valence-corrected chi connectivity index (χ1v) is 47.7. The lowest BCUT2D eigenvalue weighted by atomic mass is 9.99. The molecule has 0 bridgehead atoms. The predicted molar refractivity (Wildman–Crippen MR) is 567 cm³/mol. The lowest BCUT2D eigenvalue weighted by Crippen LogP contribution is -2.07. The van der Waals surface area contributed by atoms with Crippen LogP contribution in [0.4, 0.5) is 26.3 Å². The third kappa shape index (κ3) is 43.8. The lowest BCUT2D eigenvalue weighted by Gasteiger charge is -2.11. The smallest absolute Gasteiger partial charge is 0.433 e. The van der Waals surface area contributed by atoms with Gasteiger partial charge in [-0.3, -0.25) is 24.9 Å². The minimum atomic E-state index is -4.34. The van der Waals surface area contributed by atoms with Crippen molar-refractivity contribution in [3.05, 3.63) is 394 Å². The number of ether oxygens (including phenoxy) is 4. The Morgan fingerprint density at radius 2 is 0.770 bits per heavy atom. The van der Waals surface area contributed by atoms with E-state index < -0.39 is 23.6 Å². The molecule has 20 heteroatoms. The van der Waals surface area contributed by atoms with Crippen LogP contribution in [0.3, 0.4) is 0 Å². The fraction of sp³-hybridized carbons (Fsp3) is 0.353. The maximum absolute atomic E-state index is 12.2. The summed E-state index contributed by atoms with van der Waals surface area (Å²) in [6.07, 6.45) is 9.09. The number of methoxy groups -OCH3 is 4. The SMILES string of the molecule is CC(C)c1ccc(C#N)cn1.CC(C)c1ccc(C(F)(F)F)nc1.CC(C)c1ccc(Cl)nc1.CC(C)c1cccc(C(F)(F)F)c1.CC(C)c1ccccc1.CC(C)c1cnc2ccccc2c1.CC(C)c1cncc2ccccc12.CC(C)c1cncnc1.CC(C)c1nccc2ccccc12.COc1ccc(C(C)C)cc1.COc1ccc(C(C)C)cc1OC.COc1cccc(C(C)C)c1. The Morgan fingerprint density at radius 1 is 0.295 bits per heavy atom. The molecule has 7 aromatic heterocycles. The summed E-state index contributed by atoms with van der Waals surface area (Å²) >= 11 is 5.61. The van der Waals surface area contributed by atoms with Crippen LogP contribution in [-0.4, -0.2) is 68.3 Å². The van der Waals surface area contributed by atoms with E-state index in [1.165, 1.54) is 102 Å². The number of alkyl halides is 6. The number of benzene rings is 8. The number of rotatable bonds is 16. The van der Waals surface area contributed by atoms with Gasteiger partial charge in [0.2, 0.25) is 0 Å². The van der Waals surface area contributed by atoms with E-state index in [2.05, 4.69) is 294 Å². The van der Waals surface area contributed by atoms with Crippen molar-refractivity contribution in [2.24, 2.45) is 0 Å². The van der Waals surface area contributed by atoms with Crippen LogP contribution in [0.2, 0.25) is 5.15 Å². The number of hydrogen-bond donors (Lipinski definition) is 0. The maximum Gasteiger partial charge on any atom is 0.433 e. The quantitative estimate of drug-likeness (QED) is 0.0664. The minimum absolute atomic E-state index is 0.127. The first-order valence-electron chi connectivity index (χ1n) is 47.4. The summed E-state index contributed by atoms with van der Waals surface area (Å²) in [6.45, 7) is 50.8. The monoisotopic (exact) mass is 1910 g/mol. The molecule has 15 rings (SSSR count). The van der Waals surface area contributed by atoms with Gasteiger partial charge in [0.25, 0.3) is 0 Å². The van der Waals surface area contributed by atoms with Crippen molar-refractivity contribution in [2.45, 2.75) is 250 Å². The van der Waals surface area contributed by atoms with Crippen molar-refractivity contribution < 1.29 is 45.3 Å². The van der Waals surface area contributed by atoms with E-state index in [0.29, 0.717) is 69.9 Å². The minimum Gasteiger partial charge on any atom is -0.497 e. The van der Waals surface area contributed by atoms with E-state index in [-0.39, 0.29) is 11.8 Å². The largest absolute Gasteiger partial charge is 0.497 e. The zero-order chi connectivity index (χ0) is 103. The molecule has 0 radical (unpaired) electrons. The number of aromatic nitrogens is 8. The van der Waals surface area contributed by atoms with Crippen LogP contribution in [-0.2, 0) is 12.4 Å². The summed E-state index contributed by atoms with van der Waals surface area (Å²) in [7, 11) is 6.68. The van der Waals surface area contributed by atoms with Crippen LogP contribution in [0.5, 0.6) is 23.0 Å². The van der Waals surface area contributed by atoms with Gasteiger partial charge < -0.3 is 18.9 Å². The van der Waals surface area contributed by atoms with Crippen LogP contribution < -0.4 is 18.9 Å². The first kappa shape index (κ1) is 118. The van der Waals surface area contributed by atoms with E-state index in [4.69, 9.17) is 35.8 Å². The second-order valence-corrected chi connectivity index (χ2v) is 36.9. The Labute approximate surface area is 830 Å². The van der Waals surface area contributed by atoms with Gasteiger partial charge in [0, 0.05) is 77.6 Å². The molecule has 0 unspecified atom stereocenters. The van der Waals surface area contributed by atoms with Crippen molar-refractivity contribution in [1.29, 1.82) is 5.26 Å². The van der Waals surface area contributed by atoms with E-state index in [0.717, 1.165) is 57.5 Å². The topological polar surface area (TPSA) is 164 Å². The van der Waals surface area contributed by atoms with Gasteiger partial charge in [-0.1, -0.05) is 335 Å². The summed E-state index contributed by atoms with van der Waals surface area (Å²) in [4.78, 5) is 32.3. The number of nitriles is 1. The number of fused-ring (bicyclic) bond motifs is 3. The molecular formula is C119H146ClF6N9O4. The van der Waals surface area contributed by atoms with Crippen LogP contribution >= 0.6 is 11.6 Å². The Hall–Kier alpha value is -12.9. The first-order chi connectivity index (χ1) is 65.9. The Kier molecular flexibility index (Phi) is 52.9. The average molecular weight is 1920 g/mol. The molecule has 0 aliphatic heterocycles. The standard InChI is InChI=1S/3C12H13N.C11H16O2.C10H11F3.2C10H14O.C9H10F3N.C9H10N2.C9H12.C8H10ClN.C7H10N2/c1-9(2)11-7-10-5-3-4-6-12(10)13-8-11;1-9(2)12-8-13-7-10-5-3-4-6-11(10)12;1-9(2)12-11-6-4-3-5-10(11)7-8-13-12;1-8(2)9-5-6-10(12-3)11(7-9)13-4;1-7(2)8-4-3-5-9(6-8)10(11,12)13;1-8(2)9-4-6-10(11-3)7-5-9;1-8(2)9-5-4-6-10(7-9)11-3;1-6(2)7-3-4-8(13-5-7)9(10,11)12;1-7(2)9-4-3-8(5-10)6-11-9;1-8(2)9-6-4-3-5-7-9;1-6(2)7-3-4-8(9)10-5-7;1-6(2)7-3-8-5-9-4-7/h3*3-9H,1-2H3;5-8H,1-4H3;3-7H,1-2H3;2*4-8H,1-3H3;3-6H,1-2H3;3-4,6-7H,1-2H3;3-8H,1-2H3;3-6H,1-2H3;3-6H,1-2H3. The molecule has 740 valence electrons. The fourth-order valence-electron chi connectivity index (χ4n) is 12.8. The number of para-hydroxylation sites is 1. The summed E-state index contributed by atoms with van der Waals surface area (Å²) < 4.78 is 93.4. The normalized spacial score (nSPS) is 10.7. The summed E-state index contributed by atoms with van der Waals surface area (Å²) in [6, 6.07) is 79.6. The van der Waals surface area contributed by atoms with E-state index in [1.54, 1.807) is 53.1 Å². The molecule has 0 atom stereocenters. The van der Waals surface area contributed by atoms with Gasteiger partial charge >= 0.3 is 12.4 Å². The van der Waals surface area contributed by atoms with Crippen LogP contribution in [0, 0.1) is 11.3 Å². The van der Waals surface area contributed by atoms with Gasteiger partial charge in [0.1, 0.15) is 34.7 Å². The molecule has 0 saturated heterocycles. The lowest BCUT2D eigenvalue weighted by molar-refractivity contribution is -0.141. The molecule has 13 nitrogen and oxygen atoms in total. The second-order valence-electron chi connectivity index (χ2n) is 36.5. The van der Waals surface area contributed by atoms with Gasteiger partial charge in [0.05, 0.1) is 50.8 Å². The molecule has 0 aliphatic rings. The molecule has 8 aromatic carbocycles. The van der Waals surface area contributed by atoms with Gasteiger partial charge in [0.15, 0.2) is 11.5 Å². The number of hydrogen-bond acceptors (Lipinski definition) is 13. The van der Waals surface area contributed by atoms with Gasteiger partial charge in [-0.15, -0.1) is 0 Å². The highest BCUT2D eigenvalue weighted by atomic mass is 35.5. The van der Waals surface area contributed by atoms with E-state index in [1.807, 2.05) is 162 Å². The fourth-order valence-corrected chi connectivity index (χ4v) is 12.9. The predicted octanol–water partition coefficient (Wildman–Crippen LogP) is 34.9.